The first-order chi connectivity index (χ1) is 8.60. The lowest BCUT2D eigenvalue weighted by Crippen LogP contribution is -1.91. The second-order valence-corrected chi connectivity index (χ2v) is 4.04. The lowest BCUT2D eigenvalue weighted by molar-refractivity contribution is 0.457. The van der Waals surface area contributed by atoms with Crippen LogP contribution in [0.25, 0.3) is 0 Å². The van der Waals surface area contributed by atoms with Crippen LogP contribution < -0.4 is 4.74 Å². The molecule has 0 spiro atoms. The molecule has 0 amide bonds. The van der Waals surface area contributed by atoms with Crippen LogP contribution in [0.15, 0.2) is 30.5 Å². The molecule has 90 valence electrons. The Bertz CT molecular complexity index is 637. The lowest BCUT2D eigenvalue weighted by atomic mass is 10.2. The van der Waals surface area contributed by atoms with Gasteiger partial charge in [0.1, 0.15) is 22.7 Å². The maximum absolute atomic E-state index is 13.3. The van der Waals surface area contributed by atoms with Crippen molar-refractivity contribution in [3.63, 3.8) is 0 Å². The predicted molar refractivity (Wildman–Crippen MR) is 65.2 cm³/mol. The normalized spacial score (nSPS) is 9.89. The number of benzene rings is 1. The first kappa shape index (κ1) is 12.3. The first-order valence-electron chi connectivity index (χ1n) is 5.10. The number of halogens is 2. The SMILES string of the molecule is Cc1ccc(Oc2ncc(C#N)cc2Cl)cc1F. The molecule has 0 N–H and O–H groups in total. The fourth-order valence-corrected chi connectivity index (χ4v) is 1.52. The summed E-state index contributed by atoms with van der Waals surface area (Å²) in [5.41, 5.74) is 0.865. The molecule has 5 heteroatoms. The molecular formula is C13H8ClFN2O. The molecule has 0 atom stereocenters. The minimum absolute atomic E-state index is 0.138. The number of hydrogen-bond donors (Lipinski definition) is 0. The Labute approximate surface area is 108 Å². The number of nitriles is 1. The molecule has 0 aliphatic heterocycles. The van der Waals surface area contributed by atoms with Crippen molar-refractivity contribution in [3.8, 4) is 17.7 Å². The van der Waals surface area contributed by atoms with Crippen molar-refractivity contribution in [2.45, 2.75) is 6.92 Å². The van der Waals surface area contributed by atoms with E-state index < -0.39 is 0 Å². The maximum Gasteiger partial charge on any atom is 0.238 e. The quantitative estimate of drug-likeness (QED) is 0.826. The second kappa shape index (κ2) is 5.03. The standard InChI is InChI=1S/C13H8ClFN2O/c1-8-2-3-10(5-12(8)15)18-13-11(14)4-9(6-16)7-17-13/h2-5,7H,1H3. The van der Waals surface area contributed by atoms with Gasteiger partial charge in [0.2, 0.25) is 5.88 Å². The monoisotopic (exact) mass is 262 g/mol. The highest BCUT2D eigenvalue weighted by Gasteiger charge is 2.07. The summed E-state index contributed by atoms with van der Waals surface area (Å²) in [6, 6.07) is 7.83. The van der Waals surface area contributed by atoms with Crippen LogP contribution >= 0.6 is 11.6 Å². The van der Waals surface area contributed by atoms with Crippen molar-refractivity contribution in [3.05, 3.63) is 52.4 Å². The number of ether oxygens (including phenoxy) is 1. The van der Waals surface area contributed by atoms with Gasteiger partial charge in [-0.1, -0.05) is 17.7 Å². The van der Waals surface area contributed by atoms with E-state index in [1.165, 1.54) is 18.3 Å². The molecular weight excluding hydrogens is 255 g/mol. The van der Waals surface area contributed by atoms with E-state index in [9.17, 15) is 4.39 Å². The van der Waals surface area contributed by atoms with E-state index in [1.807, 2.05) is 6.07 Å². The van der Waals surface area contributed by atoms with Crippen LogP contribution in [-0.4, -0.2) is 4.98 Å². The van der Waals surface area contributed by atoms with E-state index in [0.29, 0.717) is 16.9 Å². The predicted octanol–water partition coefficient (Wildman–Crippen LogP) is 3.85. The molecule has 3 nitrogen and oxygen atoms in total. The van der Waals surface area contributed by atoms with Crippen LogP contribution in [0.5, 0.6) is 11.6 Å². The fourth-order valence-electron chi connectivity index (χ4n) is 1.31. The molecule has 2 aromatic rings. The zero-order valence-corrected chi connectivity index (χ0v) is 10.2. The smallest absolute Gasteiger partial charge is 0.238 e. The van der Waals surface area contributed by atoms with Gasteiger partial charge >= 0.3 is 0 Å². The summed E-state index contributed by atoms with van der Waals surface area (Å²) in [6.45, 7) is 1.66. The topological polar surface area (TPSA) is 45.9 Å². The molecule has 0 unspecified atom stereocenters. The molecule has 18 heavy (non-hydrogen) atoms. The van der Waals surface area contributed by atoms with Crippen molar-refractivity contribution in [2.75, 3.05) is 0 Å². The van der Waals surface area contributed by atoms with E-state index in [0.717, 1.165) is 0 Å². The Kier molecular flexibility index (Phi) is 3.45. The van der Waals surface area contributed by atoms with Gasteiger partial charge in [-0.05, 0) is 24.6 Å². The molecule has 0 bridgehead atoms. The summed E-state index contributed by atoms with van der Waals surface area (Å²) in [6.07, 6.45) is 1.34. The third-order valence-electron chi connectivity index (χ3n) is 2.29. The van der Waals surface area contributed by atoms with Crippen LogP contribution in [0.3, 0.4) is 0 Å². The zero-order chi connectivity index (χ0) is 13.1. The zero-order valence-electron chi connectivity index (χ0n) is 9.45. The third-order valence-corrected chi connectivity index (χ3v) is 2.57. The van der Waals surface area contributed by atoms with Crippen molar-refractivity contribution in [1.82, 2.24) is 4.98 Å². The Morgan fingerprint density at radius 1 is 1.39 bits per heavy atom. The number of aromatic nitrogens is 1. The van der Waals surface area contributed by atoms with E-state index in [2.05, 4.69) is 4.98 Å². The summed E-state index contributed by atoms with van der Waals surface area (Å²) in [7, 11) is 0. The fraction of sp³-hybridized carbons (Fsp3) is 0.0769. The van der Waals surface area contributed by atoms with Gasteiger partial charge in [0.05, 0.1) is 5.56 Å². The highest BCUT2D eigenvalue weighted by atomic mass is 35.5. The third kappa shape index (κ3) is 2.58. The van der Waals surface area contributed by atoms with Gasteiger partial charge in [-0.25, -0.2) is 9.37 Å². The molecule has 0 saturated heterocycles. The number of aryl methyl sites for hydroxylation is 1. The average Bonchev–Trinajstić information content (AvgIpc) is 2.36. The largest absolute Gasteiger partial charge is 0.437 e. The number of pyridine rings is 1. The number of nitrogens with zero attached hydrogens (tertiary/aromatic N) is 2. The summed E-state index contributed by atoms with van der Waals surface area (Å²) >= 11 is 5.90. The van der Waals surface area contributed by atoms with Gasteiger partial charge in [0.15, 0.2) is 0 Å². The highest BCUT2D eigenvalue weighted by molar-refractivity contribution is 6.31. The highest BCUT2D eigenvalue weighted by Crippen LogP contribution is 2.28. The Hall–Kier alpha value is -2.12. The van der Waals surface area contributed by atoms with Crippen LogP contribution in [-0.2, 0) is 0 Å². The molecule has 0 aliphatic carbocycles. The van der Waals surface area contributed by atoms with Crippen LogP contribution in [0, 0.1) is 24.1 Å². The van der Waals surface area contributed by atoms with Crippen molar-refractivity contribution >= 4 is 11.6 Å². The van der Waals surface area contributed by atoms with E-state index in [1.54, 1.807) is 19.1 Å². The summed E-state index contributed by atoms with van der Waals surface area (Å²) in [5, 5.41) is 8.87. The molecule has 0 saturated carbocycles. The molecule has 1 aromatic heterocycles. The van der Waals surface area contributed by atoms with Gasteiger partial charge in [0.25, 0.3) is 0 Å². The molecule has 0 fully saturated rings. The Morgan fingerprint density at radius 3 is 2.78 bits per heavy atom. The van der Waals surface area contributed by atoms with Crippen molar-refractivity contribution in [2.24, 2.45) is 0 Å². The Balaban J connectivity index is 2.29. The first-order valence-corrected chi connectivity index (χ1v) is 5.47. The molecule has 2 rings (SSSR count). The summed E-state index contributed by atoms with van der Waals surface area (Å²) < 4.78 is 18.7. The van der Waals surface area contributed by atoms with Crippen LogP contribution in [0.4, 0.5) is 4.39 Å². The van der Waals surface area contributed by atoms with Crippen LogP contribution in [0.1, 0.15) is 11.1 Å². The molecule has 1 heterocycles. The van der Waals surface area contributed by atoms with E-state index in [4.69, 9.17) is 21.6 Å². The number of hydrogen-bond acceptors (Lipinski definition) is 3. The van der Waals surface area contributed by atoms with Crippen molar-refractivity contribution in [1.29, 1.82) is 5.26 Å². The number of rotatable bonds is 2. The lowest BCUT2D eigenvalue weighted by Gasteiger charge is -2.07. The van der Waals surface area contributed by atoms with Gasteiger partial charge in [-0.3, -0.25) is 0 Å². The minimum Gasteiger partial charge on any atom is -0.437 e. The van der Waals surface area contributed by atoms with Gasteiger partial charge in [-0.15, -0.1) is 0 Å². The molecule has 1 aromatic carbocycles. The van der Waals surface area contributed by atoms with E-state index in [-0.39, 0.29) is 16.7 Å². The van der Waals surface area contributed by atoms with Gasteiger partial charge < -0.3 is 4.74 Å². The van der Waals surface area contributed by atoms with Crippen LogP contribution in [0.2, 0.25) is 5.02 Å². The Morgan fingerprint density at radius 2 is 2.17 bits per heavy atom. The van der Waals surface area contributed by atoms with E-state index >= 15 is 0 Å². The maximum atomic E-state index is 13.3. The molecule has 0 radical (unpaired) electrons. The van der Waals surface area contributed by atoms with Gasteiger partial charge in [0, 0.05) is 12.3 Å². The summed E-state index contributed by atoms with van der Waals surface area (Å²) in [4.78, 5) is 3.90. The van der Waals surface area contributed by atoms with Gasteiger partial charge in [-0.2, -0.15) is 5.26 Å². The average molecular weight is 263 g/mol. The van der Waals surface area contributed by atoms with Crippen molar-refractivity contribution < 1.29 is 9.13 Å². The second-order valence-electron chi connectivity index (χ2n) is 3.64. The molecule has 0 aliphatic rings. The minimum atomic E-state index is -0.364. The summed E-state index contributed by atoms with van der Waals surface area (Å²) in [5.74, 6) is 0.0772.